The number of carbonyl (C=O) groups excluding carboxylic acids is 1. The van der Waals surface area contributed by atoms with E-state index in [1.54, 1.807) is 18.1 Å². The van der Waals surface area contributed by atoms with Crippen molar-refractivity contribution in [2.45, 2.75) is 111 Å². The Morgan fingerprint density at radius 3 is 2.60 bits per heavy atom. The topological polar surface area (TPSA) is 26.3 Å². The molecule has 30 heavy (non-hydrogen) atoms. The predicted molar refractivity (Wildman–Crippen MR) is 124 cm³/mol. The summed E-state index contributed by atoms with van der Waals surface area (Å²) in [5.74, 6) is 3.16. The Morgan fingerprint density at radius 2 is 1.87 bits per heavy atom. The Hall–Kier alpha value is -1.05. The third-order valence-electron chi connectivity index (χ3n) is 9.64. The van der Waals surface area contributed by atoms with Crippen LogP contribution in [0.1, 0.15) is 105 Å². The molecule has 0 radical (unpaired) electrons. The second kappa shape index (κ2) is 8.47. The Balaban J connectivity index is 1.48. The van der Waals surface area contributed by atoms with Crippen LogP contribution in [0.25, 0.3) is 0 Å². The van der Waals surface area contributed by atoms with Crippen molar-refractivity contribution in [3.05, 3.63) is 23.3 Å². The smallest absolute Gasteiger partial charge is 0.302 e. The molecule has 0 aromatic heterocycles. The molecular formula is C28H44O2. The van der Waals surface area contributed by atoms with Crippen LogP contribution in [0, 0.1) is 34.5 Å². The van der Waals surface area contributed by atoms with Gasteiger partial charge in [-0.25, -0.2) is 0 Å². The molecule has 6 atom stereocenters. The summed E-state index contributed by atoms with van der Waals surface area (Å²) in [4.78, 5) is 11.4. The number of allylic oxidation sites excluding steroid dienone is 3. The lowest BCUT2D eigenvalue weighted by Crippen LogP contribution is -2.46. The van der Waals surface area contributed by atoms with E-state index in [9.17, 15) is 4.79 Å². The van der Waals surface area contributed by atoms with Gasteiger partial charge in [-0.05, 0) is 79.4 Å². The van der Waals surface area contributed by atoms with Gasteiger partial charge in [0.15, 0.2) is 0 Å². The molecule has 4 aliphatic carbocycles. The Labute approximate surface area is 184 Å². The minimum absolute atomic E-state index is 0.0901. The number of unbranched alkanes of at least 4 members (excludes halogenated alkanes) is 1. The van der Waals surface area contributed by atoms with Crippen molar-refractivity contribution in [1.82, 2.24) is 0 Å². The van der Waals surface area contributed by atoms with Gasteiger partial charge in [-0.15, -0.1) is 0 Å². The molecule has 4 aliphatic rings. The number of esters is 1. The maximum Gasteiger partial charge on any atom is 0.302 e. The van der Waals surface area contributed by atoms with E-state index in [1.165, 1.54) is 57.8 Å². The van der Waals surface area contributed by atoms with Gasteiger partial charge in [0.05, 0.1) is 0 Å². The first-order chi connectivity index (χ1) is 14.2. The van der Waals surface area contributed by atoms with Crippen molar-refractivity contribution in [2.24, 2.45) is 34.5 Å². The molecule has 0 heterocycles. The highest BCUT2D eigenvalue weighted by molar-refractivity contribution is 5.66. The van der Waals surface area contributed by atoms with Crippen molar-refractivity contribution in [3.63, 3.8) is 0 Å². The Morgan fingerprint density at radius 1 is 1.07 bits per heavy atom. The van der Waals surface area contributed by atoms with Gasteiger partial charge in [0.2, 0.25) is 0 Å². The molecule has 0 spiro atoms. The van der Waals surface area contributed by atoms with Crippen molar-refractivity contribution in [2.75, 3.05) is 0 Å². The first-order valence-electron chi connectivity index (χ1n) is 12.8. The summed E-state index contributed by atoms with van der Waals surface area (Å²) in [5, 5.41) is 0. The number of rotatable bonds is 6. The van der Waals surface area contributed by atoms with Gasteiger partial charge < -0.3 is 4.74 Å². The van der Waals surface area contributed by atoms with Crippen molar-refractivity contribution in [3.8, 4) is 0 Å². The van der Waals surface area contributed by atoms with Crippen molar-refractivity contribution >= 4 is 5.97 Å². The van der Waals surface area contributed by atoms with E-state index >= 15 is 0 Å². The van der Waals surface area contributed by atoms with Gasteiger partial charge in [0, 0.05) is 13.3 Å². The zero-order chi connectivity index (χ0) is 21.5. The van der Waals surface area contributed by atoms with Crippen LogP contribution >= 0.6 is 0 Å². The van der Waals surface area contributed by atoms with E-state index in [0.29, 0.717) is 11.3 Å². The molecule has 2 heteroatoms. The summed E-state index contributed by atoms with van der Waals surface area (Å²) in [6.07, 6.45) is 19.4. The molecule has 6 unspecified atom stereocenters. The van der Waals surface area contributed by atoms with Crippen molar-refractivity contribution < 1.29 is 9.53 Å². The minimum atomic E-state index is -0.130. The molecule has 168 valence electrons. The maximum absolute atomic E-state index is 11.4. The molecule has 4 rings (SSSR count). The van der Waals surface area contributed by atoms with Gasteiger partial charge in [-0.1, -0.05) is 70.3 Å². The Kier molecular flexibility index (Phi) is 6.26. The van der Waals surface area contributed by atoms with E-state index in [0.717, 1.165) is 30.6 Å². The zero-order valence-electron chi connectivity index (χ0n) is 20.1. The third kappa shape index (κ3) is 3.93. The van der Waals surface area contributed by atoms with Gasteiger partial charge in [-0.2, -0.15) is 0 Å². The molecule has 0 aromatic rings. The molecular weight excluding hydrogens is 368 g/mol. The second-order valence-electron chi connectivity index (χ2n) is 11.9. The molecule has 0 saturated heterocycles. The number of hydrogen-bond donors (Lipinski definition) is 0. The van der Waals surface area contributed by atoms with Crippen LogP contribution in [0.2, 0.25) is 0 Å². The highest BCUT2D eigenvalue weighted by atomic mass is 16.5. The summed E-state index contributed by atoms with van der Waals surface area (Å²) < 4.78 is 5.58. The van der Waals surface area contributed by atoms with E-state index in [4.69, 9.17) is 4.74 Å². The highest BCUT2D eigenvalue weighted by Crippen LogP contribution is 2.65. The molecule has 0 amide bonds. The van der Waals surface area contributed by atoms with E-state index in [-0.39, 0.29) is 17.5 Å². The highest BCUT2D eigenvalue weighted by Gasteiger charge is 2.56. The maximum atomic E-state index is 11.4. The van der Waals surface area contributed by atoms with Crippen LogP contribution in [0.5, 0.6) is 0 Å². The lowest BCUT2D eigenvalue weighted by Gasteiger charge is -2.55. The fraction of sp³-hybridized carbons (Fsp3) is 0.821. The molecule has 0 N–H and O–H groups in total. The van der Waals surface area contributed by atoms with Gasteiger partial charge in [-0.3, -0.25) is 4.79 Å². The first kappa shape index (κ1) is 22.2. The summed E-state index contributed by atoms with van der Waals surface area (Å²) >= 11 is 0. The summed E-state index contributed by atoms with van der Waals surface area (Å²) in [6.45, 7) is 11.4. The molecule has 2 nitrogen and oxygen atoms in total. The average Bonchev–Trinajstić information content (AvgIpc) is 3.01. The predicted octanol–water partition coefficient (Wildman–Crippen LogP) is 7.63. The summed E-state index contributed by atoms with van der Waals surface area (Å²) in [5.41, 5.74) is 4.14. The number of fused-ring (bicyclic) bond motifs is 5. The normalized spacial score (nSPS) is 40.2. The van der Waals surface area contributed by atoms with Crippen LogP contribution in [-0.4, -0.2) is 12.1 Å². The Bertz CT molecular complexity index is 716. The standard InChI is InChI=1S/C28H44O2/c1-19(2)8-6-7-9-21-11-13-25-24-12-10-22-18-23(30-20(3)29)14-16-28(22,5)26(24)15-17-27(21,25)4/h10,12,19,21,23,25-26H,6-9,11,13-18H2,1-5H3. The number of carbonyl (C=O) groups is 1. The van der Waals surface area contributed by atoms with Crippen LogP contribution in [-0.2, 0) is 9.53 Å². The fourth-order valence-corrected chi connectivity index (χ4v) is 7.83. The van der Waals surface area contributed by atoms with Crippen LogP contribution in [0.15, 0.2) is 23.3 Å². The van der Waals surface area contributed by atoms with Crippen LogP contribution in [0.3, 0.4) is 0 Å². The van der Waals surface area contributed by atoms with E-state index in [2.05, 4.69) is 39.8 Å². The number of hydrogen-bond acceptors (Lipinski definition) is 2. The second-order valence-corrected chi connectivity index (χ2v) is 11.9. The fourth-order valence-electron chi connectivity index (χ4n) is 7.83. The third-order valence-corrected chi connectivity index (χ3v) is 9.64. The molecule has 3 saturated carbocycles. The molecule has 0 bridgehead atoms. The largest absolute Gasteiger partial charge is 0.462 e. The van der Waals surface area contributed by atoms with Gasteiger partial charge in [0.25, 0.3) is 0 Å². The lowest BCUT2D eigenvalue weighted by molar-refractivity contribution is -0.148. The van der Waals surface area contributed by atoms with Crippen LogP contribution in [0.4, 0.5) is 0 Å². The quantitative estimate of drug-likeness (QED) is 0.331. The SMILES string of the molecule is CC(=O)OC1CCC2(C)C(=CC=C3C2CCC2(C)C(CCCCC(C)C)CCC32)C1. The van der Waals surface area contributed by atoms with Gasteiger partial charge >= 0.3 is 5.97 Å². The van der Waals surface area contributed by atoms with Gasteiger partial charge in [0.1, 0.15) is 6.10 Å². The van der Waals surface area contributed by atoms with E-state index in [1.807, 2.05) is 0 Å². The number of ether oxygens (including phenoxy) is 1. The summed E-state index contributed by atoms with van der Waals surface area (Å²) in [6, 6.07) is 0. The summed E-state index contributed by atoms with van der Waals surface area (Å²) in [7, 11) is 0. The zero-order valence-corrected chi connectivity index (χ0v) is 20.1. The lowest BCUT2D eigenvalue weighted by atomic mass is 9.50. The molecule has 3 fully saturated rings. The molecule has 0 aliphatic heterocycles. The van der Waals surface area contributed by atoms with Crippen LogP contribution < -0.4 is 0 Å². The molecule has 0 aromatic carbocycles. The monoisotopic (exact) mass is 412 g/mol. The minimum Gasteiger partial charge on any atom is -0.462 e. The van der Waals surface area contributed by atoms with E-state index < -0.39 is 0 Å². The average molecular weight is 413 g/mol. The first-order valence-corrected chi connectivity index (χ1v) is 12.8. The van der Waals surface area contributed by atoms with Crippen molar-refractivity contribution in [1.29, 1.82) is 0 Å².